The van der Waals surface area contributed by atoms with Gasteiger partial charge in [-0.05, 0) is 19.1 Å². The van der Waals surface area contributed by atoms with Gasteiger partial charge in [-0.3, -0.25) is 4.79 Å². The Morgan fingerprint density at radius 1 is 1.21 bits per heavy atom. The molecule has 158 valence electrons. The molecule has 12 heteroatoms. The van der Waals surface area contributed by atoms with Crippen LogP contribution in [0.4, 0.5) is 25.1 Å². The molecule has 1 fully saturated rings. The van der Waals surface area contributed by atoms with Gasteiger partial charge in [0.1, 0.15) is 11.5 Å². The molecule has 1 N–H and O–H groups in total. The van der Waals surface area contributed by atoms with Crippen molar-refractivity contribution in [2.24, 2.45) is 0 Å². The number of rotatable bonds is 6. The van der Waals surface area contributed by atoms with Gasteiger partial charge in [-0.25, -0.2) is 0 Å². The number of amides is 1. The average molecular weight is 414 g/mol. The molecule has 0 radical (unpaired) electrons. The van der Waals surface area contributed by atoms with Crippen LogP contribution in [0.15, 0.2) is 16.5 Å². The Hall–Kier alpha value is -3.05. The zero-order valence-corrected chi connectivity index (χ0v) is 16.0. The second-order valence-electron chi connectivity index (χ2n) is 6.50. The number of hydrogen-bond acceptors (Lipinski definition) is 8. The summed E-state index contributed by atoms with van der Waals surface area (Å²) in [5.74, 6) is 1.56. The minimum absolute atomic E-state index is 0.0365. The van der Waals surface area contributed by atoms with Crippen molar-refractivity contribution in [2.75, 3.05) is 43.0 Å². The first-order valence-electron chi connectivity index (χ1n) is 8.95. The van der Waals surface area contributed by atoms with Crippen molar-refractivity contribution in [1.82, 2.24) is 19.9 Å². The number of hydrogen-bond donors (Lipinski definition) is 1. The van der Waals surface area contributed by atoms with Crippen LogP contribution in [0.5, 0.6) is 6.01 Å². The second-order valence-corrected chi connectivity index (χ2v) is 6.50. The Bertz CT molecular complexity index is 849. The summed E-state index contributed by atoms with van der Waals surface area (Å²) in [5.41, 5.74) is 0. The van der Waals surface area contributed by atoms with Crippen LogP contribution in [-0.4, -0.2) is 64.7 Å². The van der Waals surface area contributed by atoms with Crippen molar-refractivity contribution in [2.45, 2.75) is 26.6 Å². The smallest absolute Gasteiger partial charge is 0.422 e. The fourth-order valence-corrected chi connectivity index (χ4v) is 2.74. The molecule has 0 bridgehead atoms. The third-order valence-corrected chi connectivity index (χ3v) is 4.19. The number of aryl methyl sites for hydroxylation is 1. The van der Waals surface area contributed by atoms with Crippen molar-refractivity contribution in [1.29, 1.82) is 0 Å². The van der Waals surface area contributed by atoms with Gasteiger partial charge in [0.15, 0.2) is 6.61 Å². The third-order valence-electron chi connectivity index (χ3n) is 4.19. The van der Waals surface area contributed by atoms with Crippen molar-refractivity contribution < 1.29 is 27.1 Å². The van der Waals surface area contributed by atoms with E-state index in [-0.39, 0.29) is 24.3 Å². The minimum atomic E-state index is -4.51. The SMILES string of the molecule is CC(=O)N1CCN(c2nc(NCc3ccc(C)o3)nc(OCC(F)(F)F)n2)CC1. The largest absolute Gasteiger partial charge is 0.465 e. The first-order valence-corrected chi connectivity index (χ1v) is 8.95. The quantitative estimate of drug-likeness (QED) is 0.767. The molecule has 29 heavy (non-hydrogen) atoms. The van der Waals surface area contributed by atoms with Gasteiger partial charge in [-0.2, -0.15) is 28.1 Å². The van der Waals surface area contributed by atoms with Crippen LogP contribution in [0.2, 0.25) is 0 Å². The van der Waals surface area contributed by atoms with E-state index >= 15 is 0 Å². The summed E-state index contributed by atoms with van der Waals surface area (Å²) < 4.78 is 47.7. The average Bonchev–Trinajstić information content (AvgIpc) is 3.09. The highest BCUT2D eigenvalue weighted by molar-refractivity contribution is 5.73. The van der Waals surface area contributed by atoms with Crippen molar-refractivity contribution >= 4 is 17.8 Å². The van der Waals surface area contributed by atoms with Gasteiger partial charge in [-0.1, -0.05) is 0 Å². The van der Waals surface area contributed by atoms with Crippen LogP contribution in [0.3, 0.4) is 0 Å². The van der Waals surface area contributed by atoms with Crippen molar-refractivity contribution in [3.05, 3.63) is 23.7 Å². The molecule has 0 spiro atoms. The molecule has 1 aliphatic rings. The van der Waals surface area contributed by atoms with E-state index in [1.54, 1.807) is 28.9 Å². The number of aromatic nitrogens is 3. The highest BCUT2D eigenvalue weighted by Crippen LogP contribution is 2.20. The number of carbonyl (C=O) groups is 1. The maximum atomic E-state index is 12.5. The highest BCUT2D eigenvalue weighted by atomic mass is 19.4. The number of alkyl halides is 3. The standard InChI is InChI=1S/C17H21F3N6O3/c1-11-3-4-13(29-11)9-21-14-22-15(24-16(23-14)28-10-17(18,19)20)26-7-5-25(6-8-26)12(2)27/h3-4H,5-10H2,1-2H3,(H,21,22,23,24). The molecule has 3 rings (SSSR count). The lowest BCUT2D eigenvalue weighted by atomic mass is 10.3. The molecule has 0 saturated carbocycles. The number of nitrogens with one attached hydrogen (secondary N) is 1. The van der Waals surface area contributed by atoms with E-state index in [0.717, 1.165) is 5.76 Å². The van der Waals surface area contributed by atoms with Crippen LogP contribution in [0.1, 0.15) is 18.4 Å². The first-order chi connectivity index (χ1) is 13.7. The Kier molecular flexibility index (Phi) is 6.09. The Morgan fingerprint density at radius 3 is 2.52 bits per heavy atom. The van der Waals surface area contributed by atoms with E-state index in [1.165, 1.54) is 6.92 Å². The highest BCUT2D eigenvalue weighted by Gasteiger charge is 2.29. The Balaban J connectivity index is 1.75. The van der Waals surface area contributed by atoms with Gasteiger partial charge in [0.25, 0.3) is 0 Å². The van der Waals surface area contributed by atoms with E-state index in [9.17, 15) is 18.0 Å². The van der Waals surface area contributed by atoms with Crippen LogP contribution in [0, 0.1) is 6.92 Å². The van der Waals surface area contributed by atoms with Crippen LogP contribution < -0.4 is 15.0 Å². The molecule has 1 aliphatic heterocycles. The van der Waals surface area contributed by atoms with Crippen LogP contribution in [0.25, 0.3) is 0 Å². The van der Waals surface area contributed by atoms with Crippen molar-refractivity contribution in [3.8, 4) is 6.01 Å². The molecule has 9 nitrogen and oxygen atoms in total. The summed E-state index contributed by atoms with van der Waals surface area (Å²) in [4.78, 5) is 27.1. The fourth-order valence-electron chi connectivity index (χ4n) is 2.74. The van der Waals surface area contributed by atoms with E-state index in [1.807, 2.05) is 0 Å². The lowest BCUT2D eigenvalue weighted by Gasteiger charge is -2.34. The summed E-state index contributed by atoms with van der Waals surface area (Å²) in [6.45, 7) is 3.84. The molecule has 0 atom stereocenters. The summed E-state index contributed by atoms with van der Waals surface area (Å²) in [6, 6.07) is 3.13. The predicted molar refractivity (Wildman–Crippen MR) is 96.6 cm³/mol. The van der Waals surface area contributed by atoms with E-state index in [0.29, 0.717) is 31.9 Å². The molecule has 0 unspecified atom stereocenters. The number of piperazine rings is 1. The summed E-state index contributed by atoms with van der Waals surface area (Å²) in [5, 5.41) is 2.91. The first kappa shape index (κ1) is 20.7. The van der Waals surface area contributed by atoms with Gasteiger partial charge >= 0.3 is 12.2 Å². The van der Waals surface area contributed by atoms with E-state index < -0.39 is 18.8 Å². The fraction of sp³-hybridized carbons (Fsp3) is 0.529. The van der Waals surface area contributed by atoms with E-state index in [4.69, 9.17) is 9.15 Å². The lowest BCUT2D eigenvalue weighted by molar-refractivity contribution is -0.154. The topological polar surface area (TPSA) is 96.6 Å². The second kappa shape index (κ2) is 8.53. The maximum absolute atomic E-state index is 12.5. The number of anilines is 2. The number of carbonyl (C=O) groups excluding carboxylic acids is 1. The third kappa shape index (κ3) is 5.96. The van der Waals surface area contributed by atoms with Gasteiger partial charge in [0.2, 0.25) is 17.8 Å². The minimum Gasteiger partial charge on any atom is -0.465 e. The molecule has 0 aromatic carbocycles. The molecular weight excluding hydrogens is 393 g/mol. The van der Waals surface area contributed by atoms with Gasteiger partial charge in [-0.15, -0.1) is 0 Å². The Morgan fingerprint density at radius 2 is 1.93 bits per heavy atom. The number of furan rings is 1. The van der Waals surface area contributed by atoms with Crippen LogP contribution >= 0.6 is 0 Å². The predicted octanol–water partition coefficient (Wildman–Crippen LogP) is 1.99. The molecule has 1 saturated heterocycles. The summed E-state index contributed by atoms with van der Waals surface area (Å²) >= 11 is 0. The lowest BCUT2D eigenvalue weighted by Crippen LogP contribution is -2.48. The zero-order chi connectivity index (χ0) is 21.0. The normalized spacial score (nSPS) is 14.8. The molecule has 1 amide bonds. The molecule has 2 aromatic rings. The summed E-state index contributed by atoms with van der Waals surface area (Å²) in [7, 11) is 0. The maximum Gasteiger partial charge on any atom is 0.422 e. The number of nitrogens with zero attached hydrogens (tertiary/aromatic N) is 5. The van der Waals surface area contributed by atoms with Crippen LogP contribution in [-0.2, 0) is 11.3 Å². The van der Waals surface area contributed by atoms with Gasteiger partial charge < -0.3 is 24.3 Å². The van der Waals surface area contributed by atoms with Crippen molar-refractivity contribution in [3.63, 3.8) is 0 Å². The zero-order valence-electron chi connectivity index (χ0n) is 16.0. The van der Waals surface area contributed by atoms with Gasteiger partial charge in [0, 0.05) is 33.1 Å². The number of halogens is 3. The molecule has 2 aromatic heterocycles. The summed E-state index contributed by atoms with van der Waals surface area (Å²) in [6.07, 6.45) is -4.51. The molecule has 0 aliphatic carbocycles. The molecular formula is C17H21F3N6O3. The Labute approximate surface area is 164 Å². The monoisotopic (exact) mass is 414 g/mol. The number of ether oxygens (including phenoxy) is 1. The van der Waals surface area contributed by atoms with E-state index in [2.05, 4.69) is 20.3 Å². The molecule has 3 heterocycles. The van der Waals surface area contributed by atoms with Gasteiger partial charge in [0.05, 0.1) is 6.54 Å².